The van der Waals surface area contributed by atoms with Crippen LogP contribution in [0.3, 0.4) is 0 Å². The monoisotopic (exact) mass is 310 g/mol. The molecule has 6 nitrogen and oxygen atoms in total. The minimum absolute atomic E-state index is 0. The van der Waals surface area contributed by atoms with E-state index in [1.54, 1.807) is 0 Å². The van der Waals surface area contributed by atoms with Crippen molar-refractivity contribution >= 4 is 12.3 Å². The maximum atomic E-state index is 11.5. The van der Waals surface area contributed by atoms with Gasteiger partial charge in [-0.3, -0.25) is 6.92 Å². The minimum atomic E-state index is -0.771. The van der Waals surface area contributed by atoms with Crippen LogP contribution in [0, 0.1) is 6.92 Å². The smallest absolute Gasteiger partial charge is 0.461 e. The molecule has 2 aliphatic rings. The average Bonchev–Trinajstić information content (AvgIpc) is 2.76. The Morgan fingerprint density at radius 1 is 1.19 bits per heavy atom. The van der Waals surface area contributed by atoms with Crippen molar-refractivity contribution < 1.29 is 65.6 Å². The SMILES string of the molecule is O=C1OCC(CF)O1.[CH2-]C1COC(=O)O1.[Y]. The normalized spacial score (nSPS) is 26.4. The molecule has 2 heterocycles. The summed E-state index contributed by atoms with van der Waals surface area (Å²) in [7, 11) is 0. The fourth-order valence-electron chi connectivity index (χ4n) is 0.806. The number of hydrogen-bond donors (Lipinski definition) is 0. The zero-order valence-corrected chi connectivity index (χ0v) is 11.2. The first kappa shape index (κ1) is 15.6. The molecule has 0 amide bonds. The molecule has 2 unspecified atom stereocenters. The van der Waals surface area contributed by atoms with Crippen molar-refractivity contribution in [2.24, 2.45) is 0 Å². The number of hydrogen-bond acceptors (Lipinski definition) is 6. The molecule has 0 saturated carbocycles. The summed E-state index contributed by atoms with van der Waals surface area (Å²) in [4.78, 5) is 20.0. The Bertz CT molecular complexity index is 249. The molecule has 2 fully saturated rings. The van der Waals surface area contributed by atoms with Crippen LogP contribution in [-0.2, 0) is 51.7 Å². The van der Waals surface area contributed by atoms with Crippen LogP contribution in [0.1, 0.15) is 0 Å². The average molecular weight is 310 g/mol. The van der Waals surface area contributed by atoms with Gasteiger partial charge in [0.05, 0.1) is 0 Å². The van der Waals surface area contributed by atoms with Gasteiger partial charge in [-0.1, -0.05) is 0 Å². The van der Waals surface area contributed by atoms with E-state index in [0.29, 0.717) is 6.61 Å². The van der Waals surface area contributed by atoms with Crippen molar-refractivity contribution in [2.75, 3.05) is 19.9 Å². The second-order valence-electron chi connectivity index (χ2n) is 2.76. The van der Waals surface area contributed by atoms with E-state index in [1.807, 2.05) is 0 Å². The van der Waals surface area contributed by atoms with Gasteiger partial charge in [-0.25, -0.2) is 14.0 Å². The van der Waals surface area contributed by atoms with Gasteiger partial charge in [0.1, 0.15) is 19.9 Å². The molecule has 16 heavy (non-hydrogen) atoms. The zero-order valence-electron chi connectivity index (χ0n) is 8.39. The van der Waals surface area contributed by atoms with Gasteiger partial charge < -0.3 is 18.9 Å². The summed E-state index contributed by atoms with van der Waals surface area (Å²) < 4.78 is 28.8. The first-order valence-corrected chi connectivity index (χ1v) is 4.17. The fourth-order valence-corrected chi connectivity index (χ4v) is 0.806. The molecule has 89 valence electrons. The van der Waals surface area contributed by atoms with Crippen LogP contribution in [0.5, 0.6) is 0 Å². The molecule has 0 aromatic heterocycles. The van der Waals surface area contributed by atoms with Crippen LogP contribution in [-0.4, -0.2) is 44.4 Å². The number of alkyl halides is 1. The molecule has 0 N–H and O–H groups in total. The molecular weight excluding hydrogens is 300 g/mol. The molecule has 2 aliphatic heterocycles. The van der Waals surface area contributed by atoms with Crippen LogP contribution in [0.15, 0.2) is 0 Å². The van der Waals surface area contributed by atoms with Gasteiger partial charge in [0, 0.05) is 38.8 Å². The van der Waals surface area contributed by atoms with Gasteiger partial charge in [0.15, 0.2) is 6.10 Å². The van der Waals surface area contributed by atoms with E-state index >= 15 is 0 Å². The van der Waals surface area contributed by atoms with Crippen LogP contribution >= 0.6 is 0 Å². The minimum Gasteiger partial charge on any atom is -0.461 e. The fraction of sp³-hybridized carbons (Fsp3) is 0.625. The zero-order chi connectivity index (χ0) is 11.3. The summed E-state index contributed by atoms with van der Waals surface area (Å²) >= 11 is 0. The summed E-state index contributed by atoms with van der Waals surface area (Å²) in [5.74, 6) is 0. The molecule has 0 bridgehead atoms. The van der Waals surface area contributed by atoms with Crippen molar-refractivity contribution in [1.82, 2.24) is 0 Å². The number of halogens is 1. The van der Waals surface area contributed by atoms with Crippen molar-refractivity contribution in [3.05, 3.63) is 6.92 Å². The number of ether oxygens (including phenoxy) is 4. The first-order valence-electron chi connectivity index (χ1n) is 4.17. The number of carbonyl (C=O) groups excluding carboxylic acids is 2. The van der Waals surface area contributed by atoms with Crippen LogP contribution in [0.25, 0.3) is 0 Å². The second kappa shape index (κ2) is 7.78. The molecule has 1 radical (unpaired) electrons. The van der Waals surface area contributed by atoms with E-state index in [4.69, 9.17) is 0 Å². The first-order chi connectivity index (χ1) is 7.11. The van der Waals surface area contributed by atoms with Crippen LogP contribution in [0.2, 0.25) is 0 Å². The van der Waals surface area contributed by atoms with Crippen molar-refractivity contribution in [3.8, 4) is 0 Å². The maximum Gasteiger partial charge on any atom is 0.508 e. The molecule has 2 saturated heterocycles. The number of carbonyl (C=O) groups is 2. The van der Waals surface area contributed by atoms with Gasteiger partial charge in [-0.15, -0.1) is 0 Å². The van der Waals surface area contributed by atoms with E-state index in [2.05, 4.69) is 25.9 Å². The quantitative estimate of drug-likeness (QED) is 0.528. The Morgan fingerprint density at radius 3 is 1.94 bits per heavy atom. The molecule has 2 rings (SSSR count). The summed E-state index contributed by atoms with van der Waals surface area (Å²) in [6, 6.07) is 0. The van der Waals surface area contributed by atoms with E-state index in [9.17, 15) is 14.0 Å². The van der Waals surface area contributed by atoms with Crippen LogP contribution in [0.4, 0.5) is 14.0 Å². The van der Waals surface area contributed by atoms with Gasteiger partial charge >= 0.3 is 12.3 Å². The molecule has 0 aliphatic carbocycles. The molecule has 8 heteroatoms. The van der Waals surface area contributed by atoms with Crippen LogP contribution < -0.4 is 0 Å². The molecule has 0 aromatic carbocycles. The Hall–Kier alpha value is -0.426. The van der Waals surface area contributed by atoms with E-state index in [0.717, 1.165) is 0 Å². The Kier molecular flexibility index (Phi) is 7.58. The van der Waals surface area contributed by atoms with E-state index < -0.39 is 25.1 Å². The van der Waals surface area contributed by atoms with Crippen molar-refractivity contribution in [2.45, 2.75) is 12.2 Å². The Labute approximate surface area is 117 Å². The summed E-state index contributed by atoms with van der Waals surface area (Å²) in [6.07, 6.45) is -2.34. The standard InChI is InChI=1S/C4H5FO3.C4H5O3.Y/c5-1-3-2-7-4(6)8-3;1-3-2-6-4(5)7-3;/h3H,1-2H2;3H,1-2H2;/q;-1;. The largest absolute Gasteiger partial charge is 0.508 e. The summed E-state index contributed by atoms with van der Waals surface area (Å²) in [5.41, 5.74) is 0. The summed E-state index contributed by atoms with van der Waals surface area (Å²) in [6.45, 7) is 3.10. The van der Waals surface area contributed by atoms with E-state index in [-0.39, 0.29) is 45.4 Å². The predicted molar refractivity (Wildman–Crippen MR) is 43.8 cm³/mol. The number of cyclic esters (lactones) is 4. The van der Waals surface area contributed by atoms with E-state index in [1.165, 1.54) is 0 Å². The van der Waals surface area contributed by atoms with Gasteiger partial charge in [0.25, 0.3) is 0 Å². The number of rotatable bonds is 1. The Balaban J connectivity index is 0.000000267. The Morgan fingerprint density at radius 2 is 1.75 bits per heavy atom. The van der Waals surface area contributed by atoms with Crippen molar-refractivity contribution in [3.63, 3.8) is 0 Å². The maximum absolute atomic E-state index is 11.5. The summed E-state index contributed by atoms with van der Waals surface area (Å²) in [5, 5.41) is 0. The van der Waals surface area contributed by atoms with Gasteiger partial charge in [0.2, 0.25) is 0 Å². The molecule has 2 atom stereocenters. The third kappa shape index (κ3) is 5.60. The van der Waals surface area contributed by atoms with Crippen molar-refractivity contribution in [1.29, 1.82) is 0 Å². The van der Waals surface area contributed by atoms with Gasteiger partial charge in [-0.2, -0.15) is 0 Å². The molecule has 0 aromatic rings. The second-order valence-corrected chi connectivity index (χ2v) is 2.76. The predicted octanol–water partition coefficient (Wildman–Crippen LogP) is 0.845. The van der Waals surface area contributed by atoms with Gasteiger partial charge in [-0.05, 0) is 0 Å². The molecular formula is C8H10FO6Y-. The third-order valence-corrected chi connectivity index (χ3v) is 1.47. The topological polar surface area (TPSA) is 71.1 Å². The third-order valence-electron chi connectivity index (χ3n) is 1.47. The molecule has 0 spiro atoms.